The Morgan fingerprint density at radius 2 is 1.66 bits per heavy atom. The number of nitrogens with one attached hydrogen (secondary N) is 2. The third-order valence-corrected chi connectivity index (χ3v) is 3.94. The molecule has 0 saturated heterocycles. The maximum absolute atomic E-state index is 12.1. The van der Waals surface area contributed by atoms with Crippen molar-refractivity contribution in [2.45, 2.75) is 19.8 Å². The Morgan fingerprint density at radius 1 is 0.931 bits per heavy atom. The van der Waals surface area contributed by atoms with E-state index < -0.39 is 18.5 Å². The molecule has 0 spiro atoms. The van der Waals surface area contributed by atoms with Crippen LogP contribution in [-0.2, 0) is 25.5 Å². The van der Waals surface area contributed by atoms with Gasteiger partial charge >= 0.3 is 5.97 Å². The molecule has 0 aliphatic rings. The van der Waals surface area contributed by atoms with Crippen molar-refractivity contribution in [2.24, 2.45) is 0 Å². The summed E-state index contributed by atoms with van der Waals surface area (Å²) in [5, 5.41) is 5.23. The van der Waals surface area contributed by atoms with Crippen LogP contribution in [0.4, 0.5) is 11.4 Å². The molecule has 0 radical (unpaired) electrons. The van der Waals surface area contributed by atoms with Gasteiger partial charge in [-0.15, -0.1) is 0 Å². The fourth-order valence-corrected chi connectivity index (χ4v) is 2.53. The predicted molar refractivity (Wildman–Crippen MR) is 108 cm³/mol. The molecule has 0 aromatic heterocycles. The zero-order valence-electron chi connectivity index (χ0n) is 16.6. The molecule has 2 aromatic carbocycles. The lowest BCUT2D eigenvalue weighted by molar-refractivity contribution is -0.147. The van der Waals surface area contributed by atoms with Crippen LogP contribution in [0, 0.1) is 0 Å². The summed E-state index contributed by atoms with van der Waals surface area (Å²) >= 11 is 0. The molecule has 0 aliphatic heterocycles. The Labute approximate surface area is 169 Å². The van der Waals surface area contributed by atoms with Crippen molar-refractivity contribution in [3.05, 3.63) is 48.0 Å². The van der Waals surface area contributed by atoms with Crippen molar-refractivity contribution in [3.8, 4) is 11.5 Å². The van der Waals surface area contributed by atoms with Gasteiger partial charge in [0.25, 0.3) is 5.91 Å². The Balaban J connectivity index is 1.83. The van der Waals surface area contributed by atoms with Crippen LogP contribution in [0.1, 0.15) is 18.9 Å². The summed E-state index contributed by atoms with van der Waals surface area (Å²) in [6.07, 6.45) is 0.651. The summed E-state index contributed by atoms with van der Waals surface area (Å²) in [4.78, 5) is 35.2. The molecular formula is C21H24N2O6. The Bertz CT molecular complexity index is 864. The monoisotopic (exact) mass is 400 g/mol. The van der Waals surface area contributed by atoms with Crippen molar-refractivity contribution in [1.29, 1.82) is 0 Å². The van der Waals surface area contributed by atoms with Crippen molar-refractivity contribution in [2.75, 3.05) is 31.5 Å². The first kappa shape index (κ1) is 21.7. The van der Waals surface area contributed by atoms with Gasteiger partial charge in [0, 0.05) is 19.0 Å². The summed E-state index contributed by atoms with van der Waals surface area (Å²) in [7, 11) is 3.05. The van der Waals surface area contributed by atoms with E-state index in [9.17, 15) is 14.4 Å². The van der Waals surface area contributed by atoms with Crippen molar-refractivity contribution in [1.82, 2.24) is 0 Å². The van der Waals surface area contributed by atoms with Gasteiger partial charge in [0.1, 0.15) is 11.5 Å². The van der Waals surface area contributed by atoms with Gasteiger partial charge in [0.2, 0.25) is 5.91 Å². The molecule has 154 valence electrons. The van der Waals surface area contributed by atoms with Crippen molar-refractivity contribution < 1.29 is 28.6 Å². The number of carbonyl (C=O) groups excluding carboxylic acids is 3. The SMILES string of the molecule is COc1ccc(CCC(=O)OCC(=O)Nc2cc(NC(C)=O)ccc2OC)cc1. The second-order valence-electron chi connectivity index (χ2n) is 6.15. The lowest BCUT2D eigenvalue weighted by Gasteiger charge is -2.12. The number of rotatable bonds is 9. The maximum Gasteiger partial charge on any atom is 0.306 e. The molecule has 8 nitrogen and oxygen atoms in total. The minimum Gasteiger partial charge on any atom is -0.497 e. The second-order valence-corrected chi connectivity index (χ2v) is 6.15. The molecule has 0 aliphatic carbocycles. The standard InChI is InChI=1S/C21H24N2O6/c1-14(24)22-16-7-10-19(28-3)18(12-16)23-20(25)13-29-21(26)11-6-15-4-8-17(27-2)9-5-15/h4-5,7-10,12H,6,11,13H2,1-3H3,(H,22,24)(H,23,25). The molecular weight excluding hydrogens is 376 g/mol. The van der Waals surface area contributed by atoms with E-state index >= 15 is 0 Å². The molecule has 0 fully saturated rings. The smallest absolute Gasteiger partial charge is 0.306 e. The molecule has 0 saturated carbocycles. The van der Waals surface area contributed by atoms with E-state index in [0.29, 0.717) is 23.5 Å². The summed E-state index contributed by atoms with van der Waals surface area (Å²) < 4.78 is 15.3. The predicted octanol–water partition coefficient (Wildman–Crippen LogP) is 2.78. The molecule has 0 heterocycles. The lowest BCUT2D eigenvalue weighted by Crippen LogP contribution is -2.21. The lowest BCUT2D eigenvalue weighted by atomic mass is 10.1. The van der Waals surface area contributed by atoms with Crippen LogP contribution in [0.5, 0.6) is 11.5 Å². The van der Waals surface area contributed by atoms with Crippen LogP contribution in [-0.4, -0.2) is 38.6 Å². The number of aryl methyl sites for hydroxylation is 1. The van der Waals surface area contributed by atoms with Gasteiger partial charge in [0.05, 0.1) is 19.9 Å². The number of carbonyl (C=O) groups is 3. The normalized spacial score (nSPS) is 10.0. The van der Waals surface area contributed by atoms with Crippen LogP contribution < -0.4 is 20.1 Å². The van der Waals surface area contributed by atoms with E-state index in [1.165, 1.54) is 14.0 Å². The molecule has 2 aromatic rings. The Hall–Kier alpha value is -3.55. The van der Waals surface area contributed by atoms with E-state index in [0.717, 1.165) is 11.3 Å². The van der Waals surface area contributed by atoms with E-state index in [2.05, 4.69) is 10.6 Å². The average Bonchev–Trinajstić information content (AvgIpc) is 2.71. The topological polar surface area (TPSA) is 103 Å². The van der Waals surface area contributed by atoms with Crippen LogP contribution >= 0.6 is 0 Å². The van der Waals surface area contributed by atoms with Gasteiger partial charge in [-0.3, -0.25) is 14.4 Å². The first-order valence-electron chi connectivity index (χ1n) is 8.95. The molecule has 0 atom stereocenters. The molecule has 0 unspecified atom stereocenters. The number of amides is 2. The number of hydrogen-bond donors (Lipinski definition) is 2. The number of benzene rings is 2. The maximum atomic E-state index is 12.1. The van der Waals surface area contributed by atoms with Crippen LogP contribution in [0.15, 0.2) is 42.5 Å². The van der Waals surface area contributed by atoms with Gasteiger partial charge in [-0.25, -0.2) is 0 Å². The Morgan fingerprint density at radius 3 is 2.28 bits per heavy atom. The molecule has 0 bridgehead atoms. The van der Waals surface area contributed by atoms with Gasteiger partial charge in [0.15, 0.2) is 6.61 Å². The number of anilines is 2. The Kier molecular flexibility index (Phi) is 8.02. The number of esters is 1. The highest BCUT2D eigenvalue weighted by Crippen LogP contribution is 2.27. The van der Waals surface area contributed by atoms with E-state index in [4.69, 9.17) is 14.2 Å². The minimum atomic E-state index is -0.513. The first-order chi connectivity index (χ1) is 13.9. The minimum absolute atomic E-state index is 0.154. The molecule has 29 heavy (non-hydrogen) atoms. The zero-order chi connectivity index (χ0) is 21.2. The van der Waals surface area contributed by atoms with E-state index in [1.807, 2.05) is 24.3 Å². The summed E-state index contributed by atoms with van der Waals surface area (Å²) in [6.45, 7) is 0.961. The van der Waals surface area contributed by atoms with Crippen LogP contribution in [0.3, 0.4) is 0 Å². The van der Waals surface area contributed by atoms with Crippen molar-refractivity contribution in [3.63, 3.8) is 0 Å². The van der Waals surface area contributed by atoms with Gasteiger partial charge in [-0.2, -0.15) is 0 Å². The highest BCUT2D eigenvalue weighted by atomic mass is 16.5. The third kappa shape index (κ3) is 7.17. The number of ether oxygens (including phenoxy) is 3. The number of methoxy groups -OCH3 is 2. The third-order valence-electron chi connectivity index (χ3n) is 3.94. The van der Waals surface area contributed by atoms with Gasteiger partial charge in [-0.1, -0.05) is 12.1 Å². The highest BCUT2D eigenvalue weighted by Gasteiger charge is 2.12. The second kappa shape index (κ2) is 10.7. The largest absolute Gasteiger partial charge is 0.497 e. The molecule has 2 amide bonds. The van der Waals surface area contributed by atoms with Crippen LogP contribution in [0.25, 0.3) is 0 Å². The van der Waals surface area contributed by atoms with Gasteiger partial charge in [-0.05, 0) is 42.3 Å². The zero-order valence-corrected chi connectivity index (χ0v) is 16.6. The first-order valence-corrected chi connectivity index (χ1v) is 8.95. The van der Waals surface area contributed by atoms with Gasteiger partial charge < -0.3 is 24.8 Å². The average molecular weight is 400 g/mol. The highest BCUT2D eigenvalue weighted by molar-refractivity contribution is 5.96. The van der Waals surface area contributed by atoms with Crippen molar-refractivity contribution >= 4 is 29.2 Å². The fourth-order valence-electron chi connectivity index (χ4n) is 2.53. The molecule has 8 heteroatoms. The fraction of sp³-hybridized carbons (Fsp3) is 0.286. The summed E-state index contributed by atoms with van der Waals surface area (Å²) in [5.41, 5.74) is 1.83. The molecule has 2 N–H and O–H groups in total. The summed E-state index contributed by atoms with van der Waals surface area (Å²) in [6, 6.07) is 12.2. The van der Waals surface area contributed by atoms with E-state index in [1.54, 1.807) is 25.3 Å². The van der Waals surface area contributed by atoms with Crippen LogP contribution in [0.2, 0.25) is 0 Å². The quantitative estimate of drug-likeness (QED) is 0.628. The van der Waals surface area contributed by atoms with E-state index in [-0.39, 0.29) is 12.3 Å². The summed E-state index contributed by atoms with van der Waals surface area (Å²) in [5.74, 6) is -0.0708. The molecule has 2 rings (SSSR count). The number of hydrogen-bond acceptors (Lipinski definition) is 6.